The van der Waals surface area contributed by atoms with Gasteiger partial charge in [0.25, 0.3) is 0 Å². The Bertz CT molecular complexity index is 510. The number of rotatable bonds is 3. The van der Waals surface area contributed by atoms with Crippen LogP contribution in [0, 0.1) is 5.82 Å². The maximum absolute atomic E-state index is 12.7. The molecule has 0 aliphatic carbocycles. The number of aliphatic hydroxyl groups is 1. The van der Waals surface area contributed by atoms with E-state index in [2.05, 4.69) is 31.9 Å². The van der Waals surface area contributed by atoms with E-state index in [1.807, 2.05) is 6.07 Å². The first-order chi connectivity index (χ1) is 8.06. The summed E-state index contributed by atoms with van der Waals surface area (Å²) in [7, 11) is 0. The smallest absolute Gasteiger partial charge is 0.123 e. The molecule has 1 N–H and O–H groups in total. The number of thiophene rings is 1. The summed E-state index contributed by atoms with van der Waals surface area (Å²) in [6.07, 6.45) is -0.111. The van der Waals surface area contributed by atoms with Crippen LogP contribution in [-0.4, -0.2) is 5.11 Å². The van der Waals surface area contributed by atoms with E-state index in [-0.39, 0.29) is 5.82 Å². The summed E-state index contributed by atoms with van der Waals surface area (Å²) < 4.78 is 14.6. The van der Waals surface area contributed by atoms with Crippen LogP contribution in [0.25, 0.3) is 0 Å². The maximum Gasteiger partial charge on any atom is 0.123 e. The number of hydrogen-bond donors (Lipinski definition) is 1. The summed E-state index contributed by atoms with van der Waals surface area (Å²) in [5.74, 6) is -0.261. The Labute approximate surface area is 120 Å². The molecule has 2 aromatic rings. The first-order valence-electron chi connectivity index (χ1n) is 4.93. The number of hydrogen-bond acceptors (Lipinski definition) is 2. The van der Waals surface area contributed by atoms with E-state index in [0.717, 1.165) is 18.7 Å². The van der Waals surface area contributed by atoms with Gasteiger partial charge >= 0.3 is 0 Å². The van der Waals surface area contributed by atoms with E-state index < -0.39 is 6.10 Å². The Morgan fingerprint density at radius 2 is 1.88 bits per heavy atom. The van der Waals surface area contributed by atoms with Gasteiger partial charge in [0.1, 0.15) is 5.82 Å². The van der Waals surface area contributed by atoms with Crippen molar-refractivity contribution in [1.29, 1.82) is 0 Å². The van der Waals surface area contributed by atoms with Gasteiger partial charge in [-0.05, 0) is 55.6 Å². The van der Waals surface area contributed by atoms with Crippen molar-refractivity contribution in [3.05, 3.63) is 54.8 Å². The average Bonchev–Trinajstić information content (AvgIpc) is 2.61. The van der Waals surface area contributed by atoms with Crippen molar-refractivity contribution in [1.82, 2.24) is 0 Å². The highest BCUT2D eigenvalue weighted by Gasteiger charge is 2.15. The van der Waals surface area contributed by atoms with E-state index in [9.17, 15) is 9.50 Å². The summed E-state index contributed by atoms with van der Waals surface area (Å²) in [6, 6.07) is 8.08. The quantitative estimate of drug-likeness (QED) is 0.820. The Morgan fingerprint density at radius 1 is 1.24 bits per heavy atom. The number of halogens is 3. The van der Waals surface area contributed by atoms with Gasteiger partial charge in [0.05, 0.1) is 13.7 Å². The Kier molecular flexibility index (Phi) is 4.36. The predicted octanol–water partition coefficient (Wildman–Crippen LogP) is 4.69. The molecule has 90 valence electrons. The van der Waals surface area contributed by atoms with Crippen molar-refractivity contribution < 1.29 is 9.50 Å². The fraction of sp³-hybridized carbons (Fsp3) is 0.167. The molecule has 0 amide bonds. The number of benzene rings is 1. The lowest BCUT2D eigenvalue weighted by molar-refractivity contribution is 0.178. The van der Waals surface area contributed by atoms with E-state index in [1.165, 1.54) is 23.5 Å². The van der Waals surface area contributed by atoms with Gasteiger partial charge in [0.15, 0.2) is 0 Å². The summed E-state index contributed by atoms with van der Waals surface area (Å²) in [5, 5.41) is 10.1. The van der Waals surface area contributed by atoms with E-state index in [0.29, 0.717) is 6.42 Å². The zero-order chi connectivity index (χ0) is 12.4. The van der Waals surface area contributed by atoms with Crippen LogP contribution in [0.3, 0.4) is 0 Å². The lowest BCUT2D eigenvalue weighted by Gasteiger charge is -2.09. The molecule has 0 aliphatic heterocycles. The molecule has 5 heteroatoms. The van der Waals surface area contributed by atoms with Gasteiger partial charge in [-0.3, -0.25) is 0 Å². The molecule has 0 radical (unpaired) electrons. The molecule has 1 aromatic heterocycles. The van der Waals surface area contributed by atoms with Crippen LogP contribution >= 0.6 is 43.2 Å². The standard InChI is InChI=1S/C12H9Br2FOS/c13-11-6-9(12(14)17-11)10(16)5-7-1-3-8(15)4-2-7/h1-4,6,10,16H,5H2. The largest absolute Gasteiger partial charge is 0.388 e. The van der Waals surface area contributed by atoms with Crippen LogP contribution in [0.2, 0.25) is 0 Å². The summed E-state index contributed by atoms with van der Waals surface area (Å²) in [6.45, 7) is 0. The molecule has 1 unspecified atom stereocenters. The van der Waals surface area contributed by atoms with Crippen molar-refractivity contribution in [2.24, 2.45) is 0 Å². The summed E-state index contributed by atoms with van der Waals surface area (Å²) >= 11 is 8.31. The van der Waals surface area contributed by atoms with Gasteiger partial charge in [-0.25, -0.2) is 4.39 Å². The molecule has 1 heterocycles. The topological polar surface area (TPSA) is 20.2 Å². The van der Waals surface area contributed by atoms with Crippen molar-refractivity contribution >= 4 is 43.2 Å². The van der Waals surface area contributed by atoms with Crippen LogP contribution in [0.15, 0.2) is 37.9 Å². The van der Waals surface area contributed by atoms with E-state index in [4.69, 9.17) is 0 Å². The van der Waals surface area contributed by atoms with Crippen molar-refractivity contribution in [3.8, 4) is 0 Å². The van der Waals surface area contributed by atoms with Crippen molar-refractivity contribution in [2.45, 2.75) is 12.5 Å². The van der Waals surface area contributed by atoms with Gasteiger partial charge in [-0.2, -0.15) is 0 Å². The van der Waals surface area contributed by atoms with Crippen LogP contribution in [-0.2, 0) is 6.42 Å². The highest BCUT2D eigenvalue weighted by Crippen LogP contribution is 2.36. The molecular weight excluding hydrogens is 371 g/mol. The summed E-state index contributed by atoms with van der Waals surface area (Å²) in [4.78, 5) is 0. The van der Waals surface area contributed by atoms with Crippen LogP contribution < -0.4 is 0 Å². The molecule has 0 aliphatic rings. The van der Waals surface area contributed by atoms with Gasteiger partial charge in [0, 0.05) is 12.0 Å². The summed E-state index contributed by atoms with van der Waals surface area (Å²) in [5.41, 5.74) is 1.76. The van der Waals surface area contributed by atoms with Crippen LogP contribution in [0.4, 0.5) is 4.39 Å². The molecule has 0 saturated heterocycles. The fourth-order valence-corrected chi connectivity index (χ4v) is 4.49. The molecule has 1 atom stereocenters. The average molecular weight is 380 g/mol. The SMILES string of the molecule is OC(Cc1ccc(F)cc1)c1cc(Br)sc1Br. The Morgan fingerprint density at radius 3 is 2.41 bits per heavy atom. The predicted molar refractivity (Wildman–Crippen MR) is 74.8 cm³/mol. The lowest BCUT2D eigenvalue weighted by Crippen LogP contribution is -2.01. The minimum atomic E-state index is -0.586. The molecule has 0 saturated carbocycles. The number of aliphatic hydroxyl groups excluding tert-OH is 1. The zero-order valence-corrected chi connectivity index (χ0v) is 12.6. The van der Waals surface area contributed by atoms with Crippen LogP contribution in [0.1, 0.15) is 17.2 Å². The zero-order valence-electron chi connectivity index (χ0n) is 8.66. The molecule has 0 fully saturated rings. The minimum absolute atomic E-state index is 0.261. The third-order valence-electron chi connectivity index (χ3n) is 2.38. The second-order valence-corrected chi connectivity index (χ2v) is 7.38. The van der Waals surface area contributed by atoms with E-state index in [1.54, 1.807) is 12.1 Å². The molecular formula is C12H9Br2FOS. The van der Waals surface area contributed by atoms with Gasteiger partial charge in [-0.1, -0.05) is 12.1 Å². The molecule has 0 bridgehead atoms. The first kappa shape index (κ1) is 13.2. The first-order valence-corrected chi connectivity index (χ1v) is 7.34. The van der Waals surface area contributed by atoms with Gasteiger partial charge in [0.2, 0.25) is 0 Å². The second kappa shape index (κ2) is 5.61. The molecule has 1 aromatic carbocycles. The molecule has 17 heavy (non-hydrogen) atoms. The molecule has 2 rings (SSSR count). The lowest BCUT2D eigenvalue weighted by atomic mass is 10.0. The second-order valence-electron chi connectivity index (χ2n) is 3.63. The highest BCUT2D eigenvalue weighted by molar-refractivity contribution is 9.12. The molecule has 0 spiro atoms. The minimum Gasteiger partial charge on any atom is -0.388 e. The monoisotopic (exact) mass is 378 g/mol. The van der Waals surface area contributed by atoms with E-state index >= 15 is 0 Å². The van der Waals surface area contributed by atoms with Crippen LogP contribution in [0.5, 0.6) is 0 Å². The Hall–Kier alpha value is -0.230. The van der Waals surface area contributed by atoms with Gasteiger partial charge in [-0.15, -0.1) is 11.3 Å². The van der Waals surface area contributed by atoms with Crippen molar-refractivity contribution in [2.75, 3.05) is 0 Å². The third-order valence-corrected chi connectivity index (χ3v) is 4.77. The normalized spacial score (nSPS) is 12.7. The van der Waals surface area contributed by atoms with Crippen molar-refractivity contribution in [3.63, 3.8) is 0 Å². The third kappa shape index (κ3) is 3.37. The Balaban J connectivity index is 2.14. The fourth-order valence-electron chi connectivity index (χ4n) is 1.53. The molecule has 1 nitrogen and oxygen atoms in total. The maximum atomic E-state index is 12.7. The highest BCUT2D eigenvalue weighted by atomic mass is 79.9. The van der Waals surface area contributed by atoms with Gasteiger partial charge < -0.3 is 5.11 Å².